The maximum Gasteiger partial charge on any atom is 0.107 e. The molecule has 0 amide bonds. The molecule has 1 unspecified atom stereocenters. The molecule has 0 saturated heterocycles. The Bertz CT molecular complexity index is 507. The molecule has 0 aromatic carbocycles. The Kier molecular flexibility index (Phi) is 2.91. The van der Waals surface area contributed by atoms with Gasteiger partial charge in [0.2, 0.25) is 0 Å². The second-order valence-corrected chi connectivity index (χ2v) is 5.58. The first-order valence-electron chi connectivity index (χ1n) is 5.94. The van der Waals surface area contributed by atoms with Crippen molar-refractivity contribution in [2.24, 2.45) is 5.73 Å². The molecule has 0 aliphatic heterocycles. The van der Waals surface area contributed by atoms with Crippen LogP contribution in [-0.2, 0) is 19.4 Å². The molecule has 2 aromatic rings. The van der Waals surface area contributed by atoms with Crippen LogP contribution in [0.15, 0.2) is 24.5 Å². The van der Waals surface area contributed by atoms with Crippen molar-refractivity contribution in [2.45, 2.75) is 31.7 Å². The summed E-state index contributed by atoms with van der Waals surface area (Å²) >= 11 is 1.78. The second kappa shape index (κ2) is 4.55. The molecule has 2 aromatic heterocycles. The van der Waals surface area contributed by atoms with Crippen LogP contribution in [0.2, 0.25) is 0 Å². The van der Waals surface area contributed by atoms with Gasteiger partial charge in [0.1, 0.15) is 5.01 Å². The largest absolute Gasteiger partial charge is 0.325 e. The van der Waals surface area contributed by atoms with Crippen molar-refractivity contribution in [3.05, 3.63) is 45.7 Å². The third-order valence-electron chi connectivity index (χ3n) is 3.31. The molecule has 17 heavy (non-hydrogen) atoms. The number of hydrogen-bond donors (Lipinski definition) is 1. The maximum absolute atomic E-state index is 5.65. The zero-order chi connectivity index (χ0) is 11.7. The van der Waals surface area contributed by atoms with Gasteiger partial charge in [-0.05, 0) is 36.8 Å². The van der Waals surface area contributed by atoms with E-state index in [0.29, 0.717) is 12.5 Å². The number of fused-ring (bicyclic) bond motifs is 1. The lowest BCUT2D eigenvalue weighted by atomic mass is 9.86. The van der Waals surface area contributed by atoms with E-state index >= 15 is 0 Å². The van der Waals surface area contributed by atoms with Crippen LogP contribution in [0, 0.1) is 0 Å². The molecule has 0 saturated carbocycles. The van der Waals surface area contributed by atoms with Gasteiger partial charge in [-0.25, -0.2) is 4.98 Å². The fraction of sp³-hybridized carbons (Fsp3) is 0.385. The van der Waals surface area contributed by atoms with E-state index in [-0.39, 0.29) is 0 Å². The predicted octanol–water partition coefficient (Wildman–Crippen LogP) is 2.27. The minimum Gasteiger partial charge on any atom is -0.325 e. The first-order valence-corrected chi connectivity index (χ1v) is 6.76. The smallest absolute Gasteiger partial charge is 0.107 e. The van der Waals surface area contributed by atoms with E-state index in [4.69, 9.17) is 5.73 Å². The van der Waals surface area contributed by atoms with E-state index in [0.717, 1.165) is 17.8 Å². The van der Waals surface area contributed by atoms with E-state index in [1.54, 1.807) is 11.3 Å². The van der Waals surface area contributed by atoms with Crippen LogP contribution in [0.25, 0.3) is 0 Å². The molecule has 1 aliphatic carbocycles. The summed E-state index contributed by atoms with van der Waals surface area (Å²) in [4.78, 5) is 10.2. The van der Waals surface area contributed by atoms with E-state index in [9.17, 15) is 0 Å². The molecule has 4 heteroatoms. The van der Waals surface area contributed by atoms with Gasteiger partial charge in [0.05, 0.1) is 5.69 Å². The second-order valence-electron chi connectivity index (χ2n) is 4.41. The molecule has 2 heterocycles. The van der Waals surface area contributed by atoms with Crippen LogP contribution in [-0.4, -0.2) is 9.97 Å². The Labute approximate surface area is 105 Å². The van der Waals surface area contributed by atoms with Gasteiger partial charge in [0, 0.05) is 23.8 Å². The summed E-state index contributed by atoms with van der Waals surface area (Å²) in [5.41, 5.74) is 8.27. The molecule has 1 atom stereocenters. The molecule has 88 valence electrons. The van der Waals surface area contributed by atoms with E-state index in [1.807, 2.05) is 18.5 Å². The van der Waals surface area contributed by atoms with Crippen LogP contribution in [0.5, 0.6) is 0 Å². The Hall–Kier alpha value is -1.26. The van der Waals surface area contributed by atoms with E-state index < -0.39 is 0 Å². The van der Waals surface area contributed by atoms with Crippen LogP contribution < -0.4 is 5.73 Å². The molecule has 0 spiro atoms. The Balaban J connectivity index is 1.85. The van der Waals surface area contributed by atoms with E-state index in [1.165, 1.54) is 22.6 Å². The zero-order valence-corrected chi connectivity index (χ0v) is 10.4. The monoisotopic (exact) mass is 245 g/mol. The molecule has 3 rings (SSSR count). The number of thiazole rings is 1. The summed E-state index contributed by atoms with van der Waals surface area (Å²) in [6.07, 6.45) is 7.16. The van der Waals surface area contributed by atoms with Crippen molar-refractivity contribution < 1.29 is 0 Å². The Morgan fingerprint density at radius 3 is 3.18 bits per heavy atom. The SMILES string of the molecule is NCc1nc2c(s1)CC(c1cccnc1)CC2. The van der Waals surface area contributed by atoms with E-state index in [2.05, 4.69) is 16.0 Å². The van der Waals surface area contributed by atoms with Crippen LogP contribution in [0.3, 0.4) is 0 Å². The summed E-state index contributed by atoms with van der Waals surface area (Å²) in [5.74, 6) is 0.599. The average molecular weight is 245 g/mol. The average Bonchev–Trinajstić information content (AvgIpc) is 2.81. The van der Waals surface area contributed by atoms with Crippen LogP contribution >= 0.6 is 11.3 Å². The van der Waals surface area contributed by atoms with Gasteiger partial charge in [-0.1, -0.05) is 6.07 Å². The lowest BCUT2D eigenvalue weighted by Gasteiger charge is -2.20. The quantitative estimate of drug-likeness (QED) is 0.883. The topological polar surface area (TPSA) is 51.8 Å². The number of hydrogen-bond acceptors (Lipinski definition) is 4. The highest BCUT2D eigenvalue weighted by atomic mass is 32.1. The Morgan fingerprint density at radius 2 is 2.41 bits per heavy atom. The minimum absolute atomic E-state index is 0.565. The normalized spacial score (nSPS) is 19.0. The summed E-state index contributed by atoms with van der Waals surface area (Å²) in [6.45, 7) is 0.565. The third kappa shape index (κ3) is 2.10. The summed E-state index contributed by atoms with van der Waals surface area (Å²) in [5, 5.41) is 1.07. The predicted molar refractivity (Wildman–Crippen MR) is 69.0 cm³/mol. The number of pyridine rings is 1. The van der Waals surface area contributed by atoms with Crippen molar-refractivity contribution in [1.29, 1.82) is 0 Å². The third-order valence-corrected chi connectivity index (χ3v) is 4.46. The van der Waals surface area contributed by atoms with Gasteiger partial charge in [-0.2, -0.15) is 0 Å². The Morgan fingerprint density at radius 1 is 1.47 bits per heavy atom. The molecule has 0 fully saturated rings. The van der Waals surface area contributed by atoms with Crippen molar-refractivity contribution in [3.63, 3.8) is 0 Å². The first kappa shape index (κ1) is 10.9. The fourth-order valence-electron chi connectivity index (χ4n) is 2.42. The number of aromatic nitrogens is 2. The highest BCUT2D eigenvalue weighted by Crippen LogP contribution is 2.34. The van der Waals surface area contributed by atoms with Crippen molar-refractivity contribution in [2.75, 3.05) is 0 Å². The number of aryl methyl sites for hydroxylation is 1. The molecule has 0 bridgehead atoms. The van der Waals surface area contributed by atoms with Gasteiger partial charge in [-0.3, -0.25) is 4.98 Å². The standard InChI is InChI=1S/C13H15N3S/c14-7-13-16-11-4-3-9(6-12(11)17-13)10-2-1-5-15-8-10/h1-2,5,8-9H,3-4,6-7,14H2. The highest BCUT2D eigenvalue weighted by molar-refractivity contribution is 7.11. The summed E-state index contributed by atoms with van der Waals surface area (Å²) < 4.78 is 0. The molecular formula is C13H15N3S. The maximum atomic E-state index is 5.65. The molecule has 1 aliphatic rings. The van der Waals surface area contributed by atoms with Crippen LogP contribution in [0.4, 0.5) is 0 Å². The first-order chi connectivity index (χ1) is 8.36. The molecule has 0 radical (unpaired) electrons. The van der Waals surface area contributed by atoms with Gasteiger partial charge in [0.15, 0.2) is 0 Å². The highest BCUT2D eigenvalue weighted by Gasteiger charge is 2.23. The van der Waals surface area contributed by atoms with Crippen molar-refractivity contribution in [3.8, 4) is 0 Å². The number of nitrogens with zero attached hydrogens (tertiary/aromatic N) is 2. The summed E-state index contributed by atoms with van der Waals surface area (Å²) in [6, 6.07) is 4.19. The van der Waals surface area contributed by atoms with Gasteiger partial charge in [0.25, 0.3) is 0 Å². The van der Waals surface area contributed by atoms with Crippen LogP contribution in [0.1, 0.15) is 33.5 Å². The molecular weight excluding hydrogens is 230 g/mol. The molecule has 3 nitrogen and oxygen atoms in total. The lowest BCUT2D eigenvalue weighted by molar-refractivity contribution is 0.582. The van der Waals surface area contributed by atoms with Gasteiger partial charge in [-0.15, -0.1) is 11.3 Å². The minimum atomic E-state index is 0.565. The van der Waals surface area contributed by atoms with Gasteiger partial charge >= 0.3 is 0 Å². The fourth-order valence-corrected chi connectivity index (χ4v) is 3.49. The summed E-state index contributed by atoms with van der Waals surface area (Å²) in [7, 11) is 0. The van der Waals surface area contributed by atoms with Gasteiger partial charge < -0.3 is 5.73 Å². The lowest BCUT2D eigenvalue weighted by Crippen LogP contribution is -2.11. The number of nitrogens with two attached hydrogens (primary N) is 1. The zero-order valence-electron chi connectivity index (χ0n) is 9.60. The molecule has 2 N–H and O–H groups in total. The number of rotatable bonds is 2. The van der Waals surface area contributed by atoms with Crippen molar-refractivity contribution in [1.82, 2.24) is 9.97 Å². The van der Waals surface area contributed by atoms with Crippen molar-refractivity contribution >= 4 is 11.3 Å².